The summed E-state index contributed by atoms with van der Waals surface area (Å²) in [6.07, 6.45) is 0.948. The molecule has 28 heavy (non-hydrogen) atoms. The molecule has 0 saturated carbocycles. The fourth-order valence-electron chi connectivity index (χ4n) is 3.62. The van der Waals surface area contributed by atoms with Gasteiger partial charge < -0.3 is 10.1 Å². The first-order valence-corrected chi connectivity index (χ1v) is 8.98. The normalized spacial score (nSPS) is 12.6. The van der Waals surface area contributed by atoms with E-state index < -0.39 is 0 Å². The van der Waals surface area contributed by atoms with Crippen LogP contribution in [-0.4, -0.2) is 18.8 Å². The standard InChI is InChI=1S/C23H18FNO3/c1-28-21-13-15(24)7-8-17(21)16-9-11-19(22-18(16)10-12-20(22)26)25-23(27)14-5-3-2-4-6-14/h2-9,11,13H,10,12H2,1H3,(H,25,27). The van der Waals surface area contributed by atoms with Crippen molar-refractivity contribution in [3.63, 3.8) is 0 Å². The van der Waals surface area contributed by atoms with Crippen LogP contribution in [0.2, 0.25) is 0 Å². The largest absolute Gasteiger partial charge is 0.496 e. The Morgan fingerprint density at radius 1 is 1.00 bits per heavy atom. The second kappa shape index (κ2) is 7.27. The Bertz CT molecular complexity index is 1080. The molecule has 0 heterocycles. The number of amides is 1. The van der Waals surface area contributed by atoms with E-state index in [1.807, 2.05) is 12.1 Å². The molecule has 0 unspecified atom stereocenters. The highest BCUT2D eigenvalue weighted by molar-refractivity contribution is 6.12. The average molecular weight is 375 g/mol. The number of halogens is 1. The molecule has 1 N–H and O–H groups in total. The van der Waals surface area contributed by atoms with Crippen LogP contribution in [0.4, 0.5) is 10.1 Å². The third kappa shape index (κ3) is 3.16. The molecule has 0 saturated heterocycles. The van der Waals surface area contributed by atoms with Gasteiger partial charge in [-0.1, -0.05) is 24.3 Å². The van der Waals surface area contributed by atoms with Crippen molar-refractivity contribution in [3.8, 4) is 16.9 Å². The minimum atomic E-state index is -0.389. The molecule has 1 aliphatic carbocycles. The Labute approximate surface area is 162 Å². The summed E-state index contributed by atoms with van der Waals surface area (Å²) in [5.41, 5.74) is 3.92. The lowest BCUT2D eigenvalue weighted by atomic mass is 9.94. The molecule has 0 aliphatic heterocycles. The smallest absolute Gasteiger partial charge is 0.255 e. The fraction of sp³-hybridized carbons (Fsp3) is 0.130. The van der Waals surface area contributed by atoms with E-state index in [-0.39, 0.29) is 17.5 Å². The van der Waals surface area contributed by atoms with Crippen LogP contribution in [0.5, 0.6) is 5.75 Å². The topological polar surface area (TPSA) is 55.4 Å². The van der Waals surface area contributed by atoms with Crippen molar-refractivity contribution in [2.45, 2.75) is 12.8 Å². The second-order valence-corrected chi connectivity index (χ2v) is 6.60. The molecule has 3 aromatic carbocycles. The Balaban J connectivity index is 1.78. The summed E-state index contributed by atoms with van der Waals surface area (Å²) in [6.45, 7) is 0. The van der Waals surface area contributed by atoms with Gasteiger partial charge in [-0.05, 0) is 47.9 Å². The summed E-state index contributed by atoms with van der Waals surface area (Å²) in [5, 5.41) is 2.85. The maximum atomic E-state index is 13.6. The predicted molar refractivity (Wildman–Crippen MR) is 105 cm³/mol. The number of ketones is 1. The molecule has 5 heteroatoms. The molecule has 4 nitrogen and oxygen atoms in total. The van der Waals surface area contributed by atoms with Gasteiger partial charge in [-0.3, -0.25) is 9.59 Å². The number of hydrogen-bond donors (Lipinski definition) is 1. The summed E-state index contributed by atoms with van der Waals surface area (Å²) in [7, 11) is 1.48. The first kappa shape index (κ1) is 17.9. The van der Waals surface area contributed by atoms with Gasteiger partial charge >= 0.3 is 0 Å². The number of benzene rings is 3. The number of carbonyl (C=O) groups is 2. The number of nitrogens with one attached hydrogen (secondary N) is 1. The molecule has 0 radical (unpaired) electrons. The highest BCUT2D eigenvalue weighted by Crippen LogP contribution is 2.40. The van der Waals surface area contributed by atoms with Crippen molar-refractivity contribution in [2.75, 3.05) is 12.4 Å². The van der Waals surface area contributed by atoms with Crippen molar-refractivity contribution in [1.29, 1.82) is 0 Å². The second-order valence-electron chi connectivity index (χ2n) is 6.60. The number of rotatable bonds is 4. The molecular weight excluding hydrogens is 357 g/mol. The Morgan fingerprint density at radius 2 is 1.75 bits per heavy atom. The number of fused-ring (bicyclic) bond motifs is 1. The van der Waals surface area contributed by atoms with E-state index >= 15 is 0 Å². The van der Waals surface area contributed by atoms with Gasteiger partial charge in [-0.2, -0.15) is 0 Å². The van der Waals surface area contributed by atoms with E-state index in [4.69, 9.17) is 4.74 Å². The monoisotopic (exact) mass is 375 g/mol. The summed E-state index contributed by atoms with van der Waals surface area (Å²) < 4.78 is 18.9. The van der Waals surface area contributed by atoms with Gasteiger partial charge in [0, 0.05) is 29.2 Å². The van der Waals surface area contributed by atoms with Gasteiger partial charge in [0.2, 0.25) is 0 Å². The molecule has 0 atom stereocenters. The SMILES string of the molecule is COc1cc(F)ccc1-c1ccc(NC(=O)c2ccccc2)c2c1CCC2=O. The van der Waals surface area contributed by atoms with Crippen LogP contribution in [0.25, 0.3) is 11.1 Å². The summed E-state index contributed by atoms with van der Waals surface area (Å²) in [5.74, 6) is -0.265. The Hall–Kier alpha value is -3.47. The molecule has 4 rings (SSSR count). The van der Waals surface area contributed by atoms with Gasteiger partial charge in [0.15, 0.2) is 5.78 Å². The van der Waals surface area contributed by atoms with Crippen molar-refractivity contribution in [1.82, 2.24) is 0 Å². The maximum Gasteiger partial charge on any atom is 0.255 e. The van der Waals surface area contributed by atoms with Crippen LogP contribution in [0.1, 0.15) is 32.7 Å². The number of carbonyl (C=O) groups excluding carboxylic acids is 2. The quantitative estimate of drug-likeness (QED) is 0.707. The lowest BCUT2D eigenvalue weighted by Gasteiger charge is -2.15. The zero-order chi connectivity index (χ0) is 19.7. The number of anilines is 1. The number of hydrogen-bond acceptors (Lipinski definition) is 3. The first-order chi connectivity index (χ1) is 13.6. The number of methoxy groups -OCH3 is 1. The van der Waals surface area contributed by atoms with Crippen molar-refractivity contribution in [3.05, 3.63) is 83.2 Å². The minimum Gasteiger partial charge on any atom is -0.496 e. The van der Waals surface area contributed by atoms with Crippen LogP contribution in [0.15, 0.2) is 60.7 Å². The lowest BCUT2D eigenvalue weighted by molar-refractivity contribution is 0.0995. The molecule has 0 bridgehead atoms. The average Bonchev–Trinajstić information content (AvgIpc) is 3.11. The highest BCUT2D eigenvalue weighted by atomic mass is 19.1. The van der Waals surface area contributed by atoms with Crippen molar-refractivity contribution < 1.29 is 18.7 Å². The Kier molecular flexibility index (Phi) is 4.65. The van der Waals surface area contributed by atoms with Crippen molar-refractivity contribution >= 4 is 17.4 Å². The van der Waals surface area contributed by atoms with Crippen LogP contribution in [0, 0.1) is 5.82 Å². The van der Waals surface area contributed by atoms with Crippen LogP contribution >= 0.6 is 0 Å². The van der Waals surface area contributed by atoms with Crippen LogP contribution in [0.3, 0.4) is 0 Å². The lowest BCUT2D eigenvalue weighted by Crippen LogP contribution is -2.14. The van der Waals surface area contributed by atoms with Crippen LogP contribution in [-0.2, 0) is 6.42 Å². The van der Waals surface area contributed by atoms with Crippen LogP contribution < -0.4 is 10.1 Å². The van der Waals surface area contributed by atoms with E-state index in [2.05, 4.69) is 5.32 Å². The first-order valence-electron chi connectivity index (χ1n) is 8.98. The molecule has 0 fully saturated rings. The number of Topliss-reactive ketones (excluding diaryl/α,β-unsaturated/α-hetero) is 1. The van der Waals surface area contributed by atoms with Gasteiger partial charge in [-0.15, -0.1) is 0 Å². The molecule has 140 valence electrons. The minimum absolute atomic E-state index is 0.0127. The molecule has 3 aromatic rings. The fourth-order valence-corrected chi connectivity index (χ4v) is 3.62. The summed E-state index contributed by atoms with van der Waals surface area (Å²) in [4.78, 5) is 25.1. The highest BCUT2D eigenvalue weighted by Gasteiger charge is 2.28. The van der Waals surface area contributed by atoms with E-state index in [1.54, 1.807) is 36.4 Å². The van der Waals surface area contributed by atoms with Gasteiger partial charge in [-0.25, -0.2) is 4.39 Å². The van der Waals surface area contributed by atoms with E-state index in [9.17, 15) is 14.0 Å². The predicted octanol–water partition coefficient (Wildman–Crippen LogP) is 4.88. The maximum absolute atomic E-state index is 13.6. The summed E-state index contributed by atoms with van der Waals surface area (Å²) in [6, 6.07) is 16.7. The summed E-state index contributed by atoms with van der Waals surface area (Å²) >= 11 is 0. The molecule has 1 amide bonds. The van der Waals surface area contributed by atoms with Gasteiger partial charge in [0.25, 0.3) is 5.91 Å². The Morgan fingerprint density at radius 3 is 2.50 bits per heavy atom. The molecular formula is C23H18FNO3. The third-order valence-corrected chi connectivity index (χ3v) is 4.93. The van der Waals surface area contributed by atoms with Crippen molar-refractivity contribution in [2.24, 2.45) is 0 Å². The third-order valence-electron chi connectivity index (χ3n) is 4.93. The van der Waals surface area contributed by atoms with Gasteiger partial charge in [0.05, 0.1) is 12.8 Å². The zero-order valence-electron chi connectivity index (χ0n) is 15.3. The zero-order valence-corrected chi connectivity index (χ0v) is 15.3. The van der Waals surface area contributed by atoms with E-state index in [0.29, 0.717) is 35.4 Å². The van der Waals surface area contributed by atoms with E-state index in [0.717, 1.165) is 16.7 Å². The van der Waals surface area contributed by atoms with Gasteiger partial charge in [0.1, 0.15) is 11.6 Å². The molecule has 1 aliphatic rings. The number of ether oxygens (including phenoxy) is 1. The molecule has 0 spiro atoms. The van der Waals surface area contributed by atoms with E-state index in [1.165, 1.54) is 19.2 Å². The molecule has 0 aromatic heterocycles.